The van der Waals surface area contributed by atoms with Gasteiger partial charge in [0.25, 0.3) is 0 Å². The van der Waals surface area contributed by atoms with Gasteiger partial charge in [-0.1, -0.05) is 19.1 Å². The molecule has 0 saturated heterocycles. The Morgan fingerprint density at radius 1 is 1.20 bits per heavy atom. The fourth-order valence-electron chi connectivity index (χ4n) is 3.18. The van der Waals surface area contributed by atoms with Crippen molar-refractivity contribution in [1.29, 1.82) is 0 Å². The number of nitrogens with one attached hydrogen (secondary N) is 1. The van der Waals surface area contributed by atoms with E-state index in [4.69, 9.17) is 4.74 Å². The Labute approximate surface area is 178 Å². The van der Waals surface area contributed by atoms with Gasteiger partial charge in [-0.2, -0.15) is 0 Å². The Morgan fingerprint density at radius 2 is 1.90 bits per heavy atom. The van der Waals surface area contributed by atoms with Crippen molar-refractivity contribution >= 4 is 27.4 Å². The van der Waals surface area contributed by atoms with Gasteiger partial charge in [0.2, 0.25) is 0 Å². The molecule has 0 radical (unpaired) electrons. The molecule has 0 spiro atoms. The highest BCUT2D eigenvalue weighted by Crippen LogP contribution is 2.24. The molecule has 1 N–H and O–H groups in total. The number of carbonyl (C=O) groups is 1. The van der Waals surface area contributed by atoms with Gasteiger partial charge in [0.15, 0.2) is 9.84 Å². The van der Waals surface area contributed by atoms with Gasteiger partial charge in [0.1, 0.15) is 11.4 Å². The van der Waals surface area contributed by atoms with Crippen LogP contribution in [0, 0.1) is 0 Å². The molecule has 1 aliphatic rings. The number of amides is 1. The molecule has 0 fully saturated rings. The summed E-state index contributed by atoms with van der Waals surface area (Å²) in [5.41, 5.74) is 3.22. The van der Waals surface area contributed by atoms with Crippen molar-refractivity contribution in [3.8, 4) is 0 Å². The summed E-state index contributed by atoms with van der Waals surface area (Å²) >= 11 is 0. The minimum atomic E-state index is -3.05. The summed E-state index contributed by atoms with van der Waals surface area (Å²) < 4.78 is 29.0. The van der Waals surface area contributed by atoms with Crippen molar-refractivity contribution in [2.24, 2.45) is 0 Å². The zero-order valence-corrected chi connectivity index (χ0v) is 18.8. The maximum absolute atomic E-state index is 12.4. The average molecular weight is 432 g/mol. The number of hydrogen-bond acceptors (Lipinski definition) is 6. The topological polar surface area (TPSA) is 88.6 Å². The number of hydrogen-bond donors (Lipinski definition) is 1. The first-order valence-electron chi connectivity index (χ1n) is 10.1. The molecule has 0 bridgehead atoms. The average Bonchev–Trinajstić information content (AvgIpc) is 2.67. The van der Waals surface area contributed by atoms with Crippen LogP contribution in [-0.2, 0) is 33.3 Å². The van der Waals surface area contributed by atoms with Crippen LogP contribution < -0.4 is 5.32 Å². The third-order valence-corrected chi connectivity index (χ3v) is 6.45. The van der Waals surface area contributed by atoms with Gasteiger partial charge in [-0.3, -0.25) is 0 Å². The Bertz CT molecular complexity index is 1010. The minimum Gasteiger partial charge on any atom is -0.444 e. The van der Waals surface area contributed by atoms with E-state index in [-0.39, 0.29) is 17.6 Å². The molecule has 8 heteroatoms. The Hall–Kier alpha value is -2.61. The van der Waals surface area contributed by atoms with Crippen LogP contribution in [-0.4, -0.2) is 42.3 Å². The van der Waals surface area contributed by atoms with Crippen LogP contribution in [0.25, 0.3) is 0 Å². The molecule has 2 heterocycles. The molecule has 1 aromatic heterocycles. The number of carbonyl (C=O) groups excluding carboxylic acids is 1. The zero-order valence-electron chi connectivity index (χ0n) is 17.9. The maximum atomic E-state index is 12.4. The first-order chi connectivity index (χ1) is 14.0. The van der Waals surface area contributed by atoms with Crippen molar-refractivity contribution in [2.45, 2.75) is 52.0 Å². The van der Waals surface area contributed by atoms with Crippen LogP contribution in [0.3, 0.4) is 0 Å². The first-order valence-corrected chi connectivity index (χ1v) is 11.9. The van der Waals surface area contributed by atoms with Crippen LogP contribution in [0.4, 0.5) is 16.3 Å². The molecule has 1 aliphatic heterocycles. The number of nitrogens with zero attached hydrogens (tertiary/aromatic N) is 2. The second kappa shape index (κ2) is 8.63. The fraction of sp³-hybridized carbons (Fsp3) is 0.455. The third-order valence-electron chi connectivity index (χ3n) is 4.80. The number of benzene rings is 1. The van der Waals surface area contributed by atoms with Crippen molar-refractivity contribution < 1.29 is 17.9 Å². The van der Waals surface area contributed by atoms with E-state index in [9.17, 15) is 13.2 Å². The summed E-state index contributed by atoms with van der Waals surface area (Å²) in [7, 11) is -3.05. The Kier molecular flexibility index (Phi) is 6.36. The monoisotopic (exact) mass is 431 g/mol. The molecular weight excluding hydrogens is 402 g/mol. The van der Waals surface area contributed by atoms with E-state index in [0.29, 0.717) is 18.9 Å². The first kappa shape index (κ1) is 22.1. The molecule has 0 atom stereocenters. The van der Waals surface area contributed by atoms with Crippen molar-refractivity contribution in [2.75, 3.05) is 17.6 Å². The highest BCUT2D eigenvalue weighted by atomic mass is 32.2. The number of aromatic nitrogens is 1. The minimum absolute atomic E-state index is 0.0430. The number of anilines is 2. The van der Waals surface area contributed by atoms with E-state index in [1.807, 2.05) is 45.2 Å². The quantitative estimate of drug-likeness (QED) is 0.768. The van der Waals surface area contributed by atoms with Crippen LogP contribution in [0.2, 0.25) is 0 Å². The summed E-state index contributed by atoms with van der Waals surface area (Å²) in [6, 6.07) is 9.24. The second-order valence-electron chi connectivity index (χ2n) is 8.49. The lowest BCUT2D eigenvalue weighted by Crippen LogP contribution is -2.39. The van der Waals surface area contributed by atoms with Gasteiger partial charge in [-0.25, -0.2) is 18.2 Å². The molecule has 0 aliphatic carbocycles. The number of fused-ring (bicyclic) bond motifs is 1. The zero-order chi connectivity index (χ0) is 21.9. The largest absolute Gasteiger partial charge is 0.444 e. The SMILES string of the molecule is CCS(=O)(=O)Cc1ccc(Nc2cc3c(cn2)CCN(C(=O)OC(C)(C)C)C3)cc1. The van der Waals surface area contributed by atoms with Crippen LogP contribution in [0.5, 0.6) is 0 Å². The maximum Gasteiger partial charge on any atom is 0.410 e. The van der Waals surface area contributed by atoms with Crippen molar-refractivity contribution in [3.63, 3.8) is 0 Å². The van der Waals surface area contributed by atoms with Gasteiger partial charge >= 0.3 is 6.09 Å². The third kappa shape index (κ3) is 5.95. The second-order valence-corrected chi connectivity index (χ2v) is 10.8. The van der Waals surface area contributed by atoms with Crippen LogP contribution in [0.15, 0.2) is 36.5 Å². The van der Waals surface area contributed by atoms with Gasteiger partial charge < -0.3 is 15.0 Å². The van der Waals surface area contributed by atoms with E-state index in [2.05, 4.69) is 10.3 Å². The molecule has 0 unspecified atom stereocenters. The molecule has 1 amide bonds. The predicted octanol–water partition coefficient (Wildman–Crippen LogP) is 4.05. The molecule has 30 heavy (non-hydrogen) atoms. The summed E-state index contributed by atoms with van der Waals surface area (Å²) in [4.78, 5) is 18.6. The Balaban J connectivity index is 1.68. The smallest absolute Gasteiger partial charge is 0.410 e. The molecular formula is C22H29N3O4S. The van der Waals surface area contributed by atoms with E-state index in [0.717, 1.165) is 28.8 Å². The number of ether oxygens (including phenoxy) is 1. The summed E-state index contributed by atoms with van der Waals surface area (Å²) in [6.45, 7) is 8.32. The lowest BCUT2D eigenvalue weighted by atomic mass is 10.0. The summed E-state index contributed by atoms with van der Waals surface area (Å²) in [5.74, 6) is 0.849. The van der Waals surface area contributed by atoms with E-state index >= 15 is 0 Å². The normalized spacial score (nSPS) is 14.2. The number of sulfone groups is 1. The molecule has 3 rings (SSSR count). The molecule has 1 aromatic carbocycles. The van der Waals surface area contributed by atoms with Gasteiger partial charge in [-0.15, -0.1) is 0 Å². The Morgan fingerprint density at radius 3 is 2.53 bits per heavy atom. The highest BCUT2D eigenvalue weighted by molar-refractivity contribution is 7.90. The highest BCUT2D eigenvalue weighted by Gasteiger charge is 2.26. The van der Waals surface area contributed by atoms with Gasteiger partial charge in [-0.05, 0) is 62.1 Å². The molecule has 0 saturated carbocycles. The van der Waals surface area contributed by atoms with E-state index in [1.165, 1.54) is 0 Å². The van der Waals surface area contributed by atoms with Crippen LogP contribution in [0.1, 0.15) is 44.4 Å². The van der Waals surface area contributed by atoms with Crippen molar-refractivity contribution in [3.05, 3.63) is 53.2 Å². The summed E-state index contributed by atoms with van der Waals surface area (Å²) in [6.07, 6.45) is 2.27. The van der Waals surface area contributed by atoms with Crippen molar-refractivity contribution in [1.82, 2.24) is 9.88 Å². The number of pyridine rings is 1. The number of rotatable bonds is 5. The fourth-order valence-corrected chi connectivity index (χ4v) is 4.08. The summed E-state index contributed by atoms with van der Waals surface area (Å²) in [5, 5.41) is 3.25. The lowest BCUT2D eigenvalue weighted by molar-refractivity contribution is 0.0224. The predicted molar refractivity (Wildman–Crippen MR) is 117 cm³/mol. The molecule has 162 valence electrons. The lowest BCUT2D eigenvalue weighted by Gasteiger charge is -2.31. The molecule has 7 nitrogen and oxygen atoms in total. The van der Waals surface area contributed by atoms with Crippen LogP contribution >= 0.6 is 0 Å². The van der Waals surface area contributed by atoms with E-state index < -0.39 is 15.4 Å². The standard InChI is InChI=1S/C22H29N3O4S/c1-5-30(27,28)15-16-6-8-19(9-7-16)24-20-12-18-14-25(11-10-17(18)13-23-20)21(26)29-22(2,3)4/h6-9,12-13H,5,10-11,14-15H2,1-4H3,(H,23,24). The van der Waals surface area contributed by atoms with Gasteiger partial charge in [0.05, 0.1) is 5.75 Å². The molecule has 2 aromatic rings. The van der Waals surface area contributed by atoms with E-state index in [1.54, 1.807) is 24.0 Å². The van der Waals surface area contributed by atoms with Gasteiger partial charge in [0, 0.05) is 30.7 Å².